The molecule has 0 saturated carbocycles. The number of carbonyl (C=O) groups excluding carboxylic acids is 1. The van der Waals surface area contributed by atoms with Crippen molar-refractivity contribution < 1.29 is 13.7 Å². The van der Waals surface area contributed by atoms with Gasteiger partial charge in [0.15, 0.2) is 0 Å². The molecule has 3 aromatic rings. The molecule has 5 nitrogen and oxygen atoms in total. The Morgan fingerprint density at radius 1 is 1.17 bits per heavy atom. The van der Waals surface area contributed by atoms with Crippen LogP contribution < -0.4 is 5.43 Å². The molecule has 0 radical (unpaired) electrons. The fourth-order valence-corrected chi connectivity index (χ4v) is 2.23. The van der Waals surface area contributed by atoms with Crippen LogP contribution in [0.2, 0.25) is 0 Å². The molecule has 24 heavy (non-hydrogen) atoms. The number of rotatable bonds is 4. The van der Waals surface area contributed by atoms with Gasteiger partial charge in [0.1, 0.15) is 22.8 Å². The topological polar surface area (TPSA) is 67.5 Å². The minimum atomic E-state index is -0.472. The number of nitrogens with zero attached hydrogens (tertiary/aromatic N) is 2. The van der Waals surface area contributed by atoms with Crippen molar-refractivity contribution in [1.29, 1.82) is 0 Å². The normalized spacial score (nSPS) is 10.9. The lowest BCUT2D eigenvalue weighted by Gasteiger charge is -2.01. The van der Waals surface area contributed by atoms with E-state index in [1.165, 1.54) is 12.3 Å². The first-order chi connectivity index (χ1) is 11.7. The third-order valence-corrected chi connectivity index (χ3v) is 3.41. The van der Waals surface area contributed by atoms with Gasteiger partial charge >= 0.3 is 0 Å². The Kier molecular flexibility index (Phi) is 4.47. The van der Waals surface area contributed by atoms with Crippen LogP contribution in [0.5, 0.6) is 0 Å². The maximum absolute atomic E-state index is 13.5. The summed E-state index contributed by atoms with van der Waals surface area (Å²) in [5.74, 6) is -0.505. The summed E-state index contributed by atoms with van der Waals surface area (Å²) in [6.07, 6.45) is 1.25. The Hall–Kier alpha value is -3.28. The van der Waals surface area contributed by atoms with Gasteiger partial charge in [0.05, 0.1) is 6.21 Å². The number of hydrogen-bond acceptors (Lipinski definition) is 4. The summed E-state index contributed by atoms with van der Waals surface area (Å²) in [6.45, 7) is 1.65. The van der Waals surface area contributed by atoms with Gasteiger partial charge in [0, 0.05) is 11.1 Å². The molecule has 0 aliphatic carbocycles. The predicted molar refractivity (Wildman–Crippen MR) is 88.1 cm³/mol. The van der Waals surface area contributed by atoms with Crippen molar-refractivity contribution in [2.45, 2.75) is 6.92 Å². The lowest BCUT2D eigenvalue weighted by molar-refractivity contribution is 0.0954. The molecule has 0 aliphatic rings. The number of halogens is 1. The summed E-state index contributed by atoms with van der Waals surface area (Å²) in [7, 11) is 0. The monoisotopic (exact) mass is 323 g/mol. The average Bonchev–Trinajstić information content (AvgIpc) is 2.99. The van der Waals surface area contributed by atoms with Gasteiger partial charge in [-0.2, -0.15) is 5.10 Å². The average molecular weight is 323 g/mol. The van der Waals surface area contributed by atoms with Crippen LogP contribution in [0.4, 0.5) is 4.39 Å². The molecular weight excluding hydrogens is 309 g/mol. The molecule has 0 atom stereocenters. The molecule has 2 aromatic carbocycles. The lowest BCUT2D eigenvalue weighted by atomic mass is 10.1. The molecule has 1 aromatic heterocycles. The van der Waals surface area contributed by atoms with E-state index in [0.29, 0.717) is 17.0 Å². The largest absolute Gasteiger partial charge is 0.360 e. The number of carbonyl (C=O) groups is 1. The molecule has 6 heteroatoms. The quantitative estimate of drug-likeness (QED) is 0.590. The number of benzene rings is 2. The summed E-state index contributed by atoms with van der Waals surface area (Å²) in [4.78, 5) is 12.4. The SMILES string of the molecule is Cc1onc(-c2ccccc2)c1C(=O)N/N=C\c1ccccc1F. The first-order valence-corrected chi connectivity index (χ1v) is 7.26. The van der Waals surface area contributed by atoms with Crippen molar-refractivity contribution >= 4 is 12.1 Å². The first-order valence-electron chi connectivity index (χ1n) is 7.26. The van der Waals surface area contributed by atoms with E-state index in [0.717, 1.165) is 5.56 Å². The van der Waals surface area contributed by atoms with Gasteiger partial charge < -0.3 is 4.52 Å². The van der Waals surface area contributed by atoms with Gasteiger partial charge in [0.25, 0.3) is 5.91 Å². The first kappa shape index (κ1) is 15.6. The van der Waals surface area contributed by atoms with Crippen molar-refractivity contribution in [3.05, 3.63) is 77.3 Å². The third kappa shape index (κ3) is 3.22. The highest BCUT2D eigenvalue weighted by Gasteiger charge is 2.21. The second kappa shape index (κ2) is 6.87. The van der Waals surface area contributed by atoms with Gasteiger partial charge in [-0.3, -0.25) is 4.79 Å². The highest BCUT2D eigenvalue weighted by Crippen LogP contribution is 2.24. The summed E-state index contributed by atoms with van der Waals surface area (Å²) in [5, 5.41) is 7.74. The standard InChI is InChI=1S/C18H14FN3O2/c1-12-16(17(22-24-12)13-7-3-2-4-8-13)18(23)21-20-11-14-9-5-6-10-15(14)19/h2-11H,1H3,(H,21,23)/b20-11-. The lowest BCUT2D eigenvalue weighted by Crippen LogP contribution is -2.19. The van der Waals surface area contributed by atoms with Gasteiger partial charge in [-0.1, -0.05) is 53.7 Å². The van der Waals surface area contributed by atoms with E-state index in [2.05, 4.69) is 15.7 Å². The third-order valence-electron chi connectivity index (χ3n) is 3.41. The van der Waals surface area contributed by atoms with E-state index in [-0.39, 0.29) is 5.56 Å². The van der Waals surface area contributed by atoms with E-state index in [1.807, 2.05) is 30.3 Å². The Morgan fingerprint density at radius 2 is 1.88 bits per heavy atom. The second-order valence-electron chi connectivity index (χ2n) is 5.05. The number of aromatic nitrogens is 1. The summed E-state index contributed by atoms with van der Waals surface area (Å²) >= 11 is 0. The van der Waals surface area contributed by atoms with E-state index < -0.39 is 11.7 Å². The van der Waals surface area contributed by atoms with Crippen LogP contribution in [0.3, 0.4) is 0 Å². The molecule has 1 heterocycles. The van der Waals surface area contributed by atoms with E-state index in [1.54, 1.807) is 25.1 Å². The van der Waals surface area contributed by atoms with Crippen LogP contribution in [-0.4, -0.2) is 17.3 Å². The molecule has 0 fully saturated rings. The number of amides is 1. The van der Waals surface area contributed by atoms with E-state index in [4.69, 9.17) is 4.52 Å². The number of hydrogen-bond donors (Lipinski definition) is 1. The van der Waals surface area contributed by atoms with Crippen molar-refractivity contribution in [3.8, 4) is 11.3 Å². The van der Waals surface area contributed by atoms with Crippen LogP contribution >= 0.6 is 0 Å². The zero-order valence-corrected chi connectivity index (χ0v) is 12.9. The van der Waals surface area contributed by atoms with Crippen LogP contribution in [0, 0.1) is 12.7 Å². The summed E-state index contributed by atoms with van der Waals surface area (Å²) in [5.41, 5.74) is 4.15. The molecule has 3 rings (SSSR count). The molecule has 0 aliphatic heterocycles. The zero-order valence-electron chi connectivity index (χ0n) is 12.9. The highest BCUT2D eigenvalue weighted by atomic mass is 19.1. The molecule has 0 bridgehead atoms. The molecule has 0 unspecified atom stereocenters. The second-order valence-corrected chi connectivity index (χ2v) is 5.05. The molecule has 1 N–H and O–H groups in total. The van der Waals surface area contributed by atoms with Crippen LogP contribution in [0.25, 0.3) is 11.3 Å². The predicted octanol–water partition coefficient (Wildman–Crippen LogP) is 3.55. The van der Waals surface area contributed by atoms with Crippen molar-refractivity contribution in [3.63, 3.8) is 0 Å². The van der Waals surface area contributed by atoms with Crippen molar-refractivity contribution in [2.24, 2.45) is 5.10 Å². The van der Waals surface area contributed by atoms with Gasteiger partial charge in [0.2, 0.25) is 0 Å². The summed E-state index contributed by atoms with van der Waals surface area (Å²) < 4.78 is 18.6. The minimum absolute atomic E-state index is 0.281. The summed E-state index contributed by atoms with van der Waals surface area (Å²) in [6, 6.07) is 15.4. The van der Waals surface area contributed by atoms with E-state index >= 15 is 0 Å². The number of nitrogens with one attached hydrogen (secondary N) is 1. The molecule has 120 valence electrons. The minimum Gasteiger partial charge on any atom is -0.360 e. The number of hydrazone groups is 1. The smallest absolute Gasteiger partial charge is 0.277 e. The van der Waals surface area contributed by atoms with Crippen molar-refractivity contribution in [2.75, 3.05) is 0 Å². The maximum Gasteiger partial charge on any atom is 0.277 e. The molecule has 1 amide bonds. The fourth-order valence-electron chi connectivity index (χ4n) is 2.23. The molecule has 0 saturated heterocycles. The molecular formula is C18H14FN3O2. The Balaban J connectivity index is 1.81. The Bertz CT molecular complexity index is 888. The van der Waals surface area contributed by atoms with Gasteiger partial charge in [-0.15, -0.1) is 0 Å². The fraction of sp³-hybridized carbons (Fsp3) is 0.0556. The van der Waals surface area contributed by atoms with Gasteiger partial charge in [-0.25, -0.2) is 9.82 Å². The Labute approximate surface area is 137 Å². The van der Waals surface area contributed by atoms with Crippen LogP contribution in [0.1, 0.15) is 21.7 Å². The maximum atomic E-state index is 13.5. The van der Waals surface area contributed by atoms with Crippen LogP contribution in [0.15, 0.2) is 64.2 Å². The van der Waals surface area contributed by atoms with Crippen LogP contribution in [-0.2, 0) is 0 Å². The zero-order chi connectivity index (χ0) is 16.9. The van der Waals surface area contributed by atoms with Crippen molar-refractivity contribution in [1.82, 2.24) is 10.6 Å². The Morgan fingerprint density at radius 3 is 2.62 bits per heavy atom. The number of aryl methyl sites for hydroxylation is 1. The molecule has 0 spiro atoms. The van der Waals surface area contributed by atoms with E-state index in [9.17, 15) is 9.18 Å². The van der Waals surface area contributed by atoms with Gasteiger partial charge in [-0.05, 0) is 13.0 Å². The highest BCUT2D eigenvalue weighted by molar-refractivity contribution is 6.01.